The second-order valence-corrected chi connectivity index (χ2v) is 11.4. The van der Waals surface area contributed by atoms with E-state index in [4.69, 9.17) is 0 Å². The number of likely N-dealkylation sites (tertiary alicyclic amines) is 1. The van der Waals surface area contributed by atoms with Gasteiger partial charge in [0.05, 0.1) is 17.2 Å². The second kappa shape index (κ2) is 8.78. The number of aromatic amines is 1. The van der Waals surface area contributed by atoms with Gasteiger partial charge >= 0.3 is 0 Å². The van der Waals surface area contributed by atoms with Crippen LogP contribution in [0.4, 0.5) is 5.69 Å². The summed E-state index contributed by atoms with van der Waals surface area (Å²) in [5, 5.41) is 10.3. The molecule has 0 amide bonds. The maximum atomic E-state index is 13.9. The number of ketones is 1. The highest BCUT2D eigenvalue weighted by atomic mass is 16.1. The lowest BCUT2D eigenvalue weighted by molar-refractivity contribution is 0.103. The number of H-pyrrole nitrogens is 1. The first-order chi connectivity index (χ1) is 17.4. The van der Waals surface area contributed by atoms with Crippen molar-refractivity contribution < 1.29 is 4.79 Å². The Labute approximate surface area is 214 Å². The molecule has 1 aliphatic carbocycles. The van der Waals surface area contributed by atoms with Crippen molar-refractivity contribution in [3.8, 4) is 6.07 Å². The molecule has 3 aliphatic rings. The fourth-order valence-electron chi connectivity index (χ4n) is 6.91. The molecule has 0 unspecified atom stereocenters. The van der Waals surface area contributed by atoms with Gasteiger partial charge in [-0.05, 0) is 80.6 Å². The van der Waals surface area contributed by atoms with Crippen molar-refractivity contribution >= 4 is 22.4 Å². The molecule has 186 valence electrons. The predicted octanol–water partition coefficient (Wildman–Crippen LogP) is 5.93. The number of carbonyl (C=O) groups excluding carboxylic acids is 1. The maximum Gasteiger partial charge on any atom is 0.195 e. The van der Waals surface area contributed by atoms with Crippen molar-refractivity contribution in [3.63, 3.8) is 0 Å². The molecule has 0 spiro atoms. The Kier molecular flexibility index (Phi) is 5.68. The van der Waals surface area contributed by atoms with Crippen molar-refractivity contribution in [1.82, 2.24) is 9.88 Å². The number of hydrogen-bond donors (Lipinski definition) is 1. The molecule has 3 aromatic rings. The Bertz CT molecular complexity index is 1380. The summed E-state index contributed by atoms with van der Waals surface area (Å²) in [7, 11) is 0. The first-order valence-corrected chi connectivity index (χ1v) is 13.7. The lowest BCUT2D eigenvalue weighted by Gasteiger charge is -2.42. The third kappa shape index (κ3) is 3.58. The van der Waals surface area contributed by atoms with Crippen LogP contribution >= 0.6 is 0 Å². The van der Waals surface area contributed by atoms with Crippen molar-refractivity contribution in [1.29, 1.82) is 5.26 Å². The lowest BCUT2D eigenvalue weighted by atomic mass is 9.70. The standard InChI is InChI=1S/C31H36N4O/c1-4-21-17-24-25(18-27(21)35-14-10-22(11-15-35)34-12-6-5-7-13-34)31(2,3)30-28(29(24)36)23-9-8-20(19-32)16-26(23)33-30/h8-9,16-18,22,33H,4-7,10-15H2,1-3H3. The van der Waals surface area contributed by atoms with Crippen LogP contribution in [0.1, 0.15) is 91.2 Å². The molecule has 2 aromatic carbocycles. The van der Waals surface area contributed by atoms with Gasteiger partial charge in [0.2, 0.25) is 0 Å². The van der Waals surface area contributed by atoms with Crippen molar-refractivity contribution in [2.45, 2.75) is 70.8 Å². The van der Waals surface area contributed by atoms with E-state index in [1.165, 1.54) is 56.4 Å². The minimum absolute atomic E-state index is 0.0975. The average Bonchev–Trinajstić information content (AvgIpc) is 3.32. The van der Waals surface area contributed by atoms with Crippen molar-refractivity contribution in [3.05, 3.63) is 63.8 Å². The molecule has 2 fully saturated rings. The number of nitrogens with zero attached hydrogens (tertiary/aromatic N) is 3. The first-order valence-electron chi connectivity index (χ1n) is 13.7. The third-order valence-electron chi connectivity index (χ3n) is 9.01. The molecule has 36 heavy (non-hydrogen) atoms. The summed E-state index contributed by atoms with van der Waals surface area (Å²) in [6.07, 6.45) is 7.43. The molecule has 0 saturated carbocycles. The van der Waals surface area contributed by atoms with Gasteiger partial charge < -0.3 is 14.8 Å². The fraction of sp³-hybridized carbons (Fsp3) is 0.484. The highest BCUT2D eigenvalue weighted by Gasteiger charge is 2.40. The molecule has 3 heterocycles. The zero-order valence-electron chi connectivity index (χ0n) is 21.8. The normalized spacial score (nSPS) is 20.3. The lowest BCUT2D eigenvalue weighted by Crippen LogP contribution is -2.47. The Morgan fingerprint density at radius 2 is 1.81 bits per heavy atom. The summed E-state index contributed by atoms with van der Waals surface area (Å²) in [6, 6.07) is 13.0. The van der Waals surface area contributed by atoms with Crippen LogP contribution in [-0.2, 0) is 11.8 Å². The summed E-state index contributed by atoms with van der Waals surface area (Å²) in [4.78, 5) is 22.7. The van der Waals surface area contributed by atoms with E-state index >= 15 is 0 Å². The number of benzene rings is 2. The zero-order chi connectivity index (χ0) is 25.0. The van der Waals surface area contributed by atoms with E-state index < -0.39 is 0 Å². The smallest absolute Gasteiger partial charge is 0.195 e. The van der Waals surface area contributed by atoms with Gasteiger partial charge in [-0.3, -0.25) is 4.79 Å². The van der Waals surface area contributed by atoms with Gasteiger partial charge in [0.15, 0.2) is 5.78 Å². The molecular weight excluding hydrogens is 444 g/mol. The van der Waals surface area contributed by atoms with Gasteiger partial charge in [-0.2, -0.15) is 5.26 Å². The number of aromatic nitrogens is 1. The largest absolute Gasteiger partial charge is 0.371 e. The van der Waals surface area contributed by atoms with E-state index in [2.05, 4.69) is 53.8 Å². The van der Waals surface area contributed by atoms with E-state index in [0.29, 0.717) is 5.56 Å². The van der Waals surface area contributed by atoms with Gasteiger partial charge in [-0.1, -0.05) is 33.3 Å². The summed E-state index contributed by atoms with van der Waals surface area (Å²) >= 11 is 0. The quantitative estimate of drug-likeness (QED) is 0.505. The Morgan fingerprint density at radius 3 is 2.50 bits per heavy atom. The average molecular weight is 481 g/mol. The fourth-order valence-corrected chi connectivity index (χ4v) is 6.91. The molecular formula is C31H36N4O. The van der Waals surface area contributed by atoms with Crippen LogP contribution < -0.4 is 4.90 Å². The van der Waals surface area contributed by atoms with Crippen molar-refractivity contribution in [2.75, 3.05) is 31.1 Å². The van der Waals surface area contributed by atoms with Crippen LogP contribution in [0.2, 0.25) is 0 Å². The molecule has 6 rings (SSSR count). The van der Waals surface area contributed by atoms with E-state index in [9.17, 15) is 10.1 Å². The minimum Gasteiger partial charge on any atom is -0.371 e. The molecule has 2 saturated heterocycles. The molecule has 1 N–H and O–H groups in total. The summed E-state index contributed by atoms with van der Waals surface area (Å²) in [5.74, 6) is 0.0975. The molecule has 5 heteroatoms. The van der Waals surface area contributed by atoms with Crippen LogP contribution in [0.15, 0.2) is 30.3 Å². The highest BCUT2D eigenvalue weighted by molar-refractivity contribution is 6.20. The maximum absolute atomic E-state index is 13.9. The predicted molar refractivity (Wildman–Crippen MR) is 145 cm³/mol. The first kappa shape index (κ1) is 23.3. The number of piperidine rings is 2. The topological polar surface area (TPSA) is 63.1 Å². The van der Waals surface area contributed by atoms with Crippen LogP contribution in [0.25, 0.3) is 10.9 Å². The number of hydrogen-bond acceptors (Lipinski definition) is 4. The van der Waals surface area contributed by atoms with Gasteiger partial charge in [-0.25, -0.2) is 0 Å². The zero-order valence-corrected chi connectivity index (χ0v) is 21.8. The molecule has 0 bridgehead atoms. The van der Waals surface area contributed by atoms with E-state index in [1.54, 1.807) is 6.07 Å². The SMILES string of the molecule is CCc1cc2c(cc1N1CCC(N3CCCCC3)CC1)C(C)(C)c1[nH]c3cc(C#N)ccc3c1C2=O. The number of carbonyl (C=O) groups is 1. The molecule has 2 aliphatic heterocycles. The number of rotatable bonds is 3. The van der Waals surface area contributed by atoms with Gasteiger partial charge in [0.1, 0.15) is 0 Å². The van der Waals surface area contributed by atoms with Gasteiger partial charge in [-0.15, -0.1) is 0 Å². The number of aryl methyl sites for hydroxylation is 1. The van der Waals surface area contributed by atoms with Gasteiger partial charge in [0, 0.05) is 52.4 Å². The van der Waals surface area contributed by atoms with E-state index in [-0.39, 0.29) is 11.2 Å². The van der Waals surface area contributed by atoms with Crippen LogP contribution in [0.3, 0.4) is 0 Å². The Hall–Kier alpha value is -3.10. The van der Waals surface area contributed by atoms with Gasteiger partial charge in [0.25, 0.3) is 0 Å². The number of anilines is 1. The Morgan fingerprint density at radius 1 is 1.06 bits per heavy atom. The van der Waals surface area contributed by atoms with E-state index in [1.807, 2.05) is 12.1 Å². The third-order valence-corrected chi connectivity index (χ3v) is 9.01. The number of nitrogens with one attached hydrogen (secondary N) is 1. The van der Waals surface area contributed by atoms with E-state index in [0.717, 1.165) is 58.8 Å². The highest BCUT2D eigenvalue weighted by Crippen LogP contribution is 2.46. The summed E-state index contributed by atoms with van der Waals surface area (Å²) in [5.41, 5.74) is 7.38. The number of nitriles is 1. The number of fused-ring (bicyclic) bond motifs is 4. The van der Waals surface area contributed by atoms with Crippen LogP contribution in [-0.4, -0.2) is 47.9 Å². The summed E-state index contributed by atoms with van der Waals surface area (Å²) < 4.78 is 0. The monoisotopic (exact) mass is 480 g/mol. The molecule has 0 radical (unpaired) electrons. The second-order valence-electron chi connectivity index (χ2n) is 11.4. The van der Waals surface area contributed by atoms with Crippen LogP contribution in [0, 0.1) is 11.3 Å². The van der Waals surface area contributed by atoms with Crippen molar-refractivity contribution in [2.24, 2.45) is 0 Å². The molecule has 0 atom stereocenters. The molecule has 5 nitrogen and oxygen atoms in total. The minimum atomic E-state index is -0.336. The van der Waals surface area contributed by atoms with Crippen LogP contribution in [0.5, 0.6) is 0 Å². The summed E-state index contributed by atoms with van der Waals surface area (Å²) in [6.45, 7) is 11.3. The Balaban J connectivity index is 1.37. The molecule has 1 aromatic heterocycles.